The first-order valence-corrected chi connectivity index (χ1v) is 10.1. The molecule has 0 radical (unpaired) electrons. The zero-order chi connectivity index (χ0) is 18.7. The molecule has 0 amide bonds. The van der Waals surface area contributed by atoms with Gasteiger partial charge in [0.25, 0.3) is 0 Å². The Labute approximate surface area is 156 Å². The Bertz CT molecular complexity index is 869. The number of ether oxygens (including phenoxy) is 1. The zero-order valence-corrected chi connectivity index (χ0v) is 15.7. The molecule has 1 fully saturated rings. The lowest BCUT2D eigenvalue weighted by Crippen LogP contribution is -2.40. The number of aromatic nitrogens is 2. The van der Waals surface area contributed by atoms with Crippen molar-refractivity contribution in [2.24, 2.45) is 0 Å². The highest BCUT2D eigenvalue weighted by Crippen LogP contribution is 2.24. The van der Waals surface area contributed by atoms with Crippen LogP contribution in [0.4, 0.5) is 4.39 Å². The van der Waals surface area contributed by atoms with Crippen molar-refractivity contribution in [1.29, 1.82) is 0 Å². The topological polar surface area (TPSA) is 81.2 Å². The summed E-state index contributed by atoms with van der Waals surface area (Å²) >= 11 is 5.74. The third-order valence-electron chi connectivity index (χ3n) is 4.29. The number of hydrogen-bond donors (Lipinski definition) is 1. The van der Waals surface area contributed by atoms with Crippen LogP contribution in [0.3, 0.4) is 0 Å². The molecule has 140 valence electrons. The van der Waals surface area contributed by atoms with Gasteiger partial charge in [-0.3, -0.25) is 0 Å². The van der Waals surface area contributed by atoms with Gasteiger partial charge in [-0.25, -0.2) is 27.5 Å². The second kappa shape index (κ2) is 7.85. The molecule has 9 heteroatoms. The normalized spacial score (nSPS) is 20.7. The molecule has 0 bridgehead atoms. The SMILES string of the molecule is Cc1cc(F)ccc1S(=O)(=O)NC1CCC(Oc2ncc(Cl)cn2)CC1. The van der Waals surface area contributed by atoms with E-state index in [1.165, 1.54) is 24.5 Å². The van der Waals surface area contributed by atoms with E-state index in [0.717, 1.165) is 6.07 Å². The second-order valence-corrected chi connectivity index (χ2v) is 8.43. The molecule has 1 aliphatic rings. The Morgan fingerprint density at radius 2 is 1.85 bits per heavy atom. The van der Waals surface area contributed by atoms with Crippen LogP contribution in [0.25, 0.3) is 0 Å². The van der Waals surface area contributed by atoms with Gasteiger partial charge in [0.1, 0.15) is 11.9 Å². The van der Waals surface area contributed by atoms with Crippen molar-refractivity contribution in [3.05, 3.63) is 47.0 Å². The van der Waals surface area contributed by atoms with Crippen LogP contribution in [0.5, 0.6) is 6.01 Å². The fraction of sp³-hybridized carbons (Fsp3) is 0.412. The van der Waals surface area contributed by atoms with Gasteiger partial charge in [-0.1, -0.05) is 11.6 Å². The summed E-state index contributed by atoms with van der Waals surface area (Å²) in [6.07, 6.45) is 5.51. The Morgan fingerprint density at radius 3 is 2.46 bits per heavy atom. The van der Waals surface area contributed by atoms with Crippen LogP contribution in [-0.2, 0) is 10.0 Å². The molecule has 0 aliphatic heterocycles. The van der Waals surface area contributed by atoms with Gasteiger partial charge in [0, 0.05) is 6.04 Å². The summed E-state index contributed by atoms with van der Waals surface area (Å²) in [6.45, 7) is 1.58. The van der Waals surface area contributed by atoms with Gasteiger partial charge >= 0.3 is 6.01 Å². The van der Waals surface area contributed by atoms with Gasteiger partial charge in [0.2, 0.25) is 10.0 Å². The molecule has 1 N–H and O–H groups in total. The largest absolute Gasteiger partial charge is 0.460 e. The molecule has 0 saturated heterocycles. The summed E-state index contributed by atoms with van der Waals surface area (Å²) in [5, 5.41) is 0.437. The minimum absolute atomic E-state index is 0.0653. The maximum atomic E-state index is 13.2. The standard InChI is InChI=1S/C17H19ClFN3O3S/c1-11-8-13(19)2-7-16(11)26(23,24)22-14-3-5-15(6-4-14)25-17-20-9-12(18)10-21-17/h2,7-10,14-15,22H,3-6H2,1H3. The first-order valence-electron chi connectivity index (χ1n) is 8.26. The van der Waals surface area contributed by atoms with E-state index in [1.54, 1.807) is 6.92 Å². The number of hydrogen-bond acceptors (Lipinski definition) is 5. The summed E-state index contributed by atoms with van der Waals surface area (Å²) in [7, 11) is -3.69. The predicted octanol–water partition coefficient (Wildman–Crippen LogP) is 3.25. The Balaban J connectivity index is 1.57. The molecule has 1 heterocycles. The van der Waals surface area contributed by atoms with Gasteiger partial charge in [-0.2, -0.15) is 0 Å². The number of sulfonamides is 1. The van der Waals surface area contributed by atoms with Crippen molar-refractivity contribution in [3.8, 4) is 6.01 Å². The molecule has 1 aromatic heterocycles. The van der Waals surface area contributed by atoms with Crippen molar-refractivity contribution >= 4 is 21.6 Å². The van der Waals surface area contributed by atoms with Crippen molar-refractivity contribution in [1.82, 2.24) is 14.7 Å². The molecule has 0 spiro atoms. The molecule has 2 aromatic rings. The third-order valence-corrected chi connectivity index (χ3v) is 6.17. The van der Waals surface area contributed by atoms with Gasteiger partial charge in [0.05, 0.1) is 22.3 Å². The molecule has 0 unspecified atom stereocenters. The lowest BCUT2D eigenvalue weighted by molar-refractivity contribution is 0.132. The molecule has 0 atom stereocenters. The van der Waals surface area contributed by atoms with E-state index >= 15 is 0 Å². The Hall–Kier alpha value is -1.77. The lowest BCUT2D eigenvalue weighted by Gasteiger charge is -2.28. The fourth-order valence-corrected chi connectivity index (χ4v) is 4.64. The van der Waals surface area contributed by atoms with E-state index in [-0.39, 0.29) is 23.1 Å². The van der Waals surface area contributed by atoms with Crippen LogP contribution >= 0.6 is 11.6 Å². The zero-order valence-electron chi connectivity index (χ0n) is 14.2. The number of nitrogens with zero attached hydrogens (tertiary/aromatic N) is 2. The summed E-state index contributed by atoms with van der Waals surface area (Å²) in [5.74, 6) is -0.455. The fourth-order valence-electron chi connectivity index (χ4n) is 3.01. The average Bonchev–Trinajstić information content (AvgIpc) is 2.58. The maximum Gasteiger partial charge on any atom is 0.316 e. The van der Waals surface area contributed by atoms with Gasteiger partial charge < -0.3 is 4.74 Å². The van der Waals surface area contributed by atoms with Gasteiger partial charge in [-0.15, -0.1) is 0 Å². The lowest BCUT2D eigenvalue weighted by atomic mass is 9.94. The van der Waals surface area contributed by atoms with E-state index in [2.05, 4.69) is 14.7 Å². The Kier molecular flexibility index (Phi) is 5.74. The molecule has 1 aliphatic carbocycles. The smallest absolute Gasteiger partial charge is 0.316 e. The number of nitrogens with one attached hydrogen (secondary N) is 1. The van der Waals surface area contributed by atoms with Crippen LogP contribution in [0.1, 0.15) is 31.2 Å². The van der Waals surface area contributed by atoms with Gasteiger partial charge in [0.15, 0.2) is 0 Å². The number of rotatable bonds is 5. The molecule has 6 nitrogen and oxygen atoms in total. The van der Waals surface area contributed by atoms with Gasteiger partial charge in [-0.05, 0) is 56.4 Å². The van der Waals surface area contributed by atoms with Crippen molar-refractivity contribution in [2.45, 2.75) is 49.6 Å². The van der Waals surface area contributed by atoms with Crippen LogP contribution in [0.2, 0.25) is 5.02 Å². The third kappa shape index (κ3) is 4.69. The summed E-state index contributed by atoms with van der Waals surface area (Å²) in [4.78, 5) is 8.10. The van der Waals surface area contributed by atoms with E-state index in [4.69, 9.17) is 16.3 Å². The maximum absolute atomic E-state index is 13.2. The van der Waals surface area contributed by atoms with Crippen LogP contribution in [0.15, 0.2) is 35.5 Å². The van der Waals surface area contributed by atoms with Crippen molar-refractivity contribution < 1.29 is 17.5 Å². The Morgan fingerprint density at radius 1 is 1.19 bits per heavy atom. The van der Waals surface area contributed by atoms with Crippen molar-refractivity contribution in [2.75, 3.05) is 0 Å². The predicted molar refractivity (Wildman–Crippen MR) is 95.2 cm³/mol. The van der Waals surface area contributed by atoms with Crippen LogP contribution in [0, 0.1) is 12.7 Å². The second-order valence-electron chi connectivity index (χ2n) is 6.31. The highest BCUT2D eigenvalue weighted by Gasteiger charge is 2.27. The van der Waals surface area contributed by atoms with E-state index < -0.39 is 15.8 Å². The highest BCUT2D eigenvalue weighted by molar-refractivity contribution is 7.89. The number of aryl methyl sites for hydroxylation is 1. The minimum Gasteiger partial charge on any atom is -0.460 e. The molecule has 1 aromatic carbocycles. The first kappa shape index (κ1) is 19.0. The molecule has 1 saturated carbocycles. The van der Waals surface area contributed by atoms with E-state index in [0.29, 0.717) is 36.3 Å². The quantitative estimate of drug-likeness (QED) is 0.834. The van der Waals surface area contributed by atoms with Crippen LogP contribution < -0.4 is 9.46 Å². The molecule has 26 heavy (non-hydrogen) atoms. The molecule has 3 rings (SSSR count). The highest BCUT2D eigenvalue weighted by atomic mass is 35.5. The van der Waals surface area contributed by atoms with Crippen molar-refractivity contribution in [3.63, 3.8) is 0 Å². The number of benzene rings is 1. The summed E-state index contributed by atoms with van der Waals surface area (Å²) in [6, 6.07) is 3.74. The summed E-state index contributed by atoms with van der Waals surface area (Å²) < 4.78 is 46.7. The monoisotopic (exact) mass is 399 g/mol. The van der Waals surface area contributed by atoms with E-state index in [1.807, 2.05) is 0 Å². The summed E-state index contributed by atoms with van der Waals surface area (Å²) in [5.41, 5.74) is 0.384. The molecular formula is C17H19ClFN3O3S. The first-order chi connectivity index (χ1) is 12.3. The minimum atomic E-state index is -3.69. The molecular weight excluding hydrogens is 381 g/mol. The van der Waals surface area contributed by atoms with Crippen LogP contribution in [-0.4, -0.2) is 30.5 Å². The average molecular weight is 400 g/mol. The number of halogens is 2. The van der Waals surface area contributed by atoms with E-state index in [9.17, 15) is 12.8 Å².